The van der Waals surface area contributed by atoms with Crippen LogP contribution in [0.2, 0.25) is 0 Å². The van der Waals surface area contributed by atoms with Gasteiger partial charge in [-0.3, -0.25) is 4.79 Å². The van der Waals surface area contributed by atoms with Crippen molar-refractivity contribution < 1.29 is 22.4 Å². The Morgan fingerprint density at radius 2 is 1.78 bits per heavy atom. The molecular formula is C22H18ClF4N7OS. The van der Waals surface area contributed by atoms with E-state index in [9.17, 15) is 18.0 Å². The Kier molecular flexibility index (Phi) is 7.05. The largest absolute Gasteiger partial charge is 0.379 e. The third-order valence-corrected chi connectivity index (χ3v) is 6.85. The molecule has 8 nitrogen and oxygen atoms in total. The molecule has 1 unspecified atom stereocenters. The Morgan fingerprint density at radius 3 is 2.50 bits per heavy atom. The van der Waals surface area contributed by atoms with Gasteiger partial charge in [0.1, 0.15) is 17.2 Å². The molecule has 2 atom stereocenters. The number of thioether (sulfide) groups is 1. The van der Waals surface area contributed by atoms with E-state index in [4.69, 9.17) is 5.73 Å². The summed E-state index contributed by atoms with van der Waals surface area (Å²) in [6.45, 7) is 0.573. The maximum absolute atomic E-state index is 15.2. The lowest BCUT2D eigenvalue weighted by Gasteiger charge is -2.35. The zero-order chi connectivity index (χ0) is 24.7. The summed E-state index contributed by atoms with van der Waals surface area (Å²) in [4.78, 5) is 30.5. The minimum Gasteiger partial charge on any atom is -0.379 e. The van der Waals surface area contributed by atoms with Gasteiger partial charge in [-0.15, -0.1) is 12.4 Å². The number of aromatic nitrogens is 3. The summed E-state index contributed by atoms with van der Waals surface area (Å²) < 4.78 is 55.7. The van der Waals surface area contributed by atoms with Crippen molar-refractivity contribution in [2.75, 3.05) is 29.1 Å². The summed E-state index contributed by atoms with van der Waals surface area (Å²) in [7, 11) is 0. The van der Waals surface area contributed by atoms with Crippen molar-refractivity contribution in [3.63, 3.8) is 0 Å². The van der Waals surface area contributed by atoms with Gasteiger partial charge in [0, 0.05) is 35.5 Å². The standard InChI is InChI=1S/C22H17F4N7OS.ClH/c23-12-3-17(26)18(28-5-12)19(34)31-14-1-2-16(25)15(4-14)22-10-33(21-29-6-13(24)7-30-21)8-11(22)9-35-20(27)32-22;/h1-7,11H,8-10H2,(H2,27,32)(H,31,34);1H/t11-,22?;/m0./s1. The SMILES string of the molecule is Cl.NC1=NC2(c3cc(NC(=O)c4ncc(F)cc4F)ccc3F)CN(c3ncc(F)cn3)C[C@H]2CS1. The molecule has 4 heterocycles. The van der Waals surface area contributed by atoms with Crippen molar-refractivity contribution in [2.24, 2.45) is 16.6 Å². The monoisotopic (exact) mass is 539 g/mol. The Balaban J connectivity index is 0.00000304. The molecule has 14 heteroatoms. The topological polar surface area (TPSA) is 109 Å². The smallest absolute Gasteiger partial charge is 0.277 e. The molecule has 2 aromatic heterocycles. The maximum atomic E-state index is 15.2. The number of amidine groups is 1. The van der Waals surface area contributed by atoms with Crippen LogP contribution in [0.3, 0.4) is 0 Å². The van der Waals surface area contributed by atoms with Gasteiger partial charge >= 0.3 is 0 Å². The summed E-state index contributed by atoms with van der Waals surface area (Å²) >= 11 is 1.34. The van der Waals surface area contributed by atoms with Crippen LogP contribution < -0.4 is 16.0 Å². The molecule has 2 aliphatic rings. The summed E-state index contributed by atoms with van der Waals surface area (Å²) in [5.74, 6) is -3.54. The molecule has 1 saturated heterocycles. The number of hydrogen-bond acceptors (Lipinski definition) is 8. The summed E-state index contributed by atoms with van der Waals surface area (Å²) in [5.41, 5.74) is 4.63. The number of carbonyl (C=O) groups is 1. The van der Waals surface area contributed by atoms with Crippen LogP contribution in [0.1, 0.15) is 16.1 Å². The third-order valence-electron chi connectivity index (χ3n) is 5.89. The number of pyridine rings is 1. The van der Waals surface area contributed by atoms with Crippen LogP contribution in [0, 0.1) is 29.2 Å². The lowest BCUT2D eigenvalue weighted by atomic mass is 9.81. The first-order valence-electron chi connectivity index (χ1n) is 10.4. The summed E-state index contributed by atoms with van der Waals surface area (Å²) in [5, 5.41) is 2.74. The van der Waals surface area contributed by atoms with Crippen molar-refractivity contribution >= 4 is 46.9 Å². The summed E-state index contributed by atoms with van der Waals surface area (Å²) in [6, 6.07) is 4.42. The van der Waals surface area contributed by atoms with Gasteiger partial charge in [-0.05, 0) is 18.2 Å². The molecule has 0 radical (unpaired) electrons. The molecule has 3 aromatic rings. The van der Waals surface area contributed by atoms with Crippen LogP contribution >= 0.6 is 24.2 Å². The quantitative estimate of drug-likeness (QED) is 0.488. The van der Waals surface area contributed by atoms with Gasteiger partial charge in [0.05, 0.1) is 25.1 Å². The molecule has 5 rings (SSSR count). The second kappa shape index (κ2) is 9.90. The maximum Gasteiger partial charge on any atom is 0.277 e. The number of nitrogens with one attached hydrogen (secondary N) is 1. The number of carbonyl (C=O) groups excluding carboxylic acids is 1. The number of amides is 1. The first-order valence-corrected chi connectivity index (χ1v) is 11.4. The third kappa shape index (κ3) is 4.67. The molecule has 0 aliphatic carbocycles. The first-order chi connectivity index (χ1) is 16.7. The van der Waals surface area contributed by atoms with Crippen molar-refractivity contribution in [3.8, 4) is 0 Å². The number of nitrogens with zero attached hydrogens (tertiary/aromatic N) is 5. The molecule has 3 N–H and O–H groups in total. The van der Waals surface area contributed by atoms with Crippen molar-refractivity contribution in [1.82, 2.24) is 15.0 Å². The zero-order valence-corrected chi connectivity index (χ0v) is 19.9. The fourth-order valence-electron chi connectivity index (χ4n) is 4.33. The van der Waals surface area contributed by atoms with E-state index >= 15 is 4.39 Å². The lowest BCUT2D eigenvalue weighted by Crippen LogP contribution is -2.40. The van der Waals surface area contributed by atoms with Crippen LogP contribution in [0.5, 0.6) is 0 Å². The van der Waals surface area contributed by atoms with E-state index < -0.39 is 40.4 Å². The molecule has 36 heavy (non-hydrogen) atoms. The van der Waals surface area contributed by atoms with Gasteiger partial charge in [0.2, 0.25) is 5.95 Å². The van der Waals surface area contributed by atoms with Gasteiger partial charge in [-0.2, -0.15) is 0 Å². The second-order valence-electron chi connectivity index (χ2n) is 8.10. The van der Waals surface area contributed by atoms with E-state index in [0.717, 1.165) is 24.7 Å². The molecule has 1 amide bonds. The van der Waals surface area contributed by atoms with E-state index in [1.807, 2.05) is 0 Å². The van der Waals surface area contributed by atoms with Crippen molar-refractivity contribution in [2.45, 2.75) is 5.54 Å². The number of benzene rings is 1. The molecule has 1 aromatic carbocycles. The second-order valence-corrected chi connectivity index (χ2v) is 9.14. The average Bonchev–Trinajstić information content (AvgIpc) is 3.20. The van der Waals surface area contributed by atoms with Gasteiger partial charge < -0.3 is 16.0 Å². The number of aliphatic imine (C=N–C) groups is 1. The highest BCUT2D eigenvalue weighted by molar-refractivity contribution is 8.13. The number of halogens is 5. The molecule has 188 valence electrons. The number of nitrogens with two attached hydrogens (primary N) is 1. The van der Waals surface area contributed by atoms with Gasteiger partial charge in [0.25, 0.3) is 5.91 Å². The molecular weight excluding hydrogens is 522 g/mol. The molecule has 0 spiro atoms. The van der Waals surface area contributed by atoms with Crippen LogP contribution in [-0.2, 0) is 5.54 Å². The minimum atomic E-state index is -1.13. The molecule has 0 bridgehead atoms. The Morgan fingerprint density at radius 1 is 1.06 bits per heavy atom. The van der Waals surface area contributed by atoms with Gasteiger partial charge in [-0.1, -0.05) is 11.8 Å². The zero-order valence-electron chi connectivity index (χ0n) is 18.3. The first kappa shape index (κ1) is 25.6. The molecule has 2 aliphatic heterocycles. The molecule has 0 saturated carbocycles. The van der Waals surface area contributed by atoms with E-state index in [0.29, 0.717) is 18.4 Å². The fraction of sp³-hybridized carbons (Fsp3) is 0.227. The highest BCUT2D eigenvalue weighted by atomic mass is 35.5. The average molecular weight is 540 g/mol. The van der Waals surface area contributed by atoms with E-state index in [1.54, 1.807) is 4.90 Å². The number of anilines is 2. The number of hydrogen-bond donors (Lipinski definition) is 2. The van der Waals surface area contributed by atoms with Crippen LogP contribution in [0.25, 0.3) is 0 Å². The predicted octanol–water partition coefficient (Wildman–Crippen LogP) is 3.50. The Labute approximate surface area is 212 Å². The Hall–Kier alpha value is -3.45. The van der Waals surface area contributed by atoms with E-state index in [2.05, 4.69) is 25.3 Å². The van der Waals surface area contributed by atoms with Crippen LogP contribution in [0.4, 0.5) is 29.2 Å². The van der Waals surface area contributed by atoms with Crippen molar-refractivity contribution in [1.29, 1.82) is 0 Å². The normalized spacial score (nSPS) is 20.8. The van der Waals surface area contributed by atoms with Gasteiger partial charge in [-0.25, -0.2) is 37.5 Å². The fourth-order valence-corrected chi connectivity index (χ4v) is 5.31. The number of fused-ring (bicyclic) bond motifs is 1. The highest BCUT2D eigenvalue weighted by Crippen LogP contribution is 2.47. The van der Waals surface area contributed by atoms with Crippen LogP contribution in [-0.4, -0.2) is 44.9 Å². The van der Waals surface area contributed by atoms with Crippen LogP contribution in [0.15, 0.2) is 47.8 Å². The minimum absolute atomic E-state index is 0. The number of rotatable bonds is 4. The Bertz CT molecular complexity index is 1350. The van der Waals surface area contributed by atoms with E-state index in [-0.39, 0.29) is 47.2 Å². The van der Waals surface area contributed by atoms with E-state index in [1.165, 1.54) is 23.9 Å². The highest BCUT2D eigenvalue weighted by Gasteiger charge is 2.52. The predicted molar refractivity (Wildman–Crippen MR) is 129 cm³/mol. The van der Waals surface area contributed by atoms with Crippen molar-refractivity contribution in [3.05, 3.63) is 77.4 Å². The summed E-state index contributed by atoms with van der Waals surface area (Å²) in [6.07, 6.45) is 2.81. The molecule has 1 fully saturated rings. The van der Waals surface area contributed by atoms with Gasteiger partial charge in [0.15, 0.2) is 22.5 Å². The lowest BCUT2D eigenvalue weighted by molar-refractivity contribution is 0.101.